The number of guanidine groups is 1. The third kappa shape index (κ3) is 12.3. The standard InChI is InChI=1S/C22H33N7O7/c23-14(11-13-5-2-1-3-6-13)19(34)28-16(8-9-17(30)31)21(36)29-15(7-4-10-26-22(24)25)20(35)27-12-18(32)33/h1-3,5-6,14-16H,4,7-12,23H2,(H,27,35)(H,28,34)(H,29,36)(H,30,31)(H,32,33)(H4,24,25,26). The molecule has 0 aliphatic heterocycles. The van der Waals surface area contributed by atoms with Gasteiger partial charge in [-0.2, -0.15) is 0 Å². The predicted octanol–water partition coefficient (Wildman–Crippen LogP) is -2.35. The topological polar surface area (TPSA) is 252 Å². The van der Waals surface area contributed by atoms with Gasteiger partial charge in [-0.05, 0) is 31.2 Å². The SMILES string of the molecule is NC(N)=NCCCC(NC(=O)C(CCC(=O)O)NC(=O)C(N)Cc1ccccc1)C(=O)NCC(=O)O. The molecule has 1 rings (SSSR count). The lowest BCUT2D eigenvalue weighted by Gasteiger charge is -2.24. The summed E-state index contributed by atoms with van der Waals surface area (Å²) in [6, 6.07) is 5.44. The van der Waals surface area contributed by atoms with E-state index >= 15 is 0 Å². The average Bonchev–Trinajstić information content (AvgIpc) is 2.82. The number of hydrogen-bond donors (Lipinski definition) is 8. The second kappa shape index (κ2) is 15.7. The van der Waals surface area contributed by atoms with Gasteiger partial charge in [0.2, 0.25) is 17.7 Å². The molecule has 0 radical (unpaired) electrons. The Kier molecular flexibility index (Phi) is 13.0. The third-order valence-electron chi connectivity index (χ3n) is 4.91. The van der Waals surface area contributed by atoms with Crippen LogP contribution >= 0.6 is 0 Å². The molecule has 0 bridgehead atoms. The molecule has 0 saturated carbocycles. The van der Waals surface area contributed by atoms with E-state index in [1.165, 1.54) is 0 Å². The van der Waals surface area contributed by atoms with Crippen LogP contribution < -0.4 is 33.2 Å². The number of amides is 3. The van der Waals surface area contributed by atoms with Crippen molar-refractivity contribution in [2.24, 2.45) is 22.2 Å². The minimum atomic E-state index is -1.30. The van der Waals surface area contributed by atoms with Crippen molar-refractivity contribution in [1.29, 1.82) is 0 Å². The van der Waals surface area contributed by atoms with Crippen LogP contribution in [0.15, 0.2) is 35.3 Å². The zero-order valence-electron chi connectivity index (χ0n) is 19.7. The molecule has 0 aliphatic carbocycles. The Morgan fingerprint density at radius 2 is 1.47 bits per heavy atom. The Morgan fingerprint density at radius 1 is 0.861 bits per heavy atom. The number of aliphatic carboxylic acids is 2. The fourth-order valence-electron chi connectivity index (χ4n) is 3.11. The first-order chi connectivity index (χ1) is 17.0. The number of carboxylic acid groups (broad SMARTS) is 2. The number of nitrogens with two attached hydrogens (primary N) is 3. The van der Waals surface area contributed by atoms with Crippen LogP contribution in [0.3, 0.4) is 0 Å². The van der Waals surface area contributed by atoms with Gasteiger partial charge in [-0.3, -0.25) is 29.0 Å². The number of carboxylic acids is 2. The van der Waals surface area contributed by atoms with Crippen molar-refractivity contribution in [3.63, 3.8) is 0 Å². The van der Waals surface area contributed by atoms with Gasteiger partial charge in [-0.25, -0.2) is 0 Å². The molecule has 36 heavy (non-hydrogen) atoms. The predicted molar refractivity (Wildman–Crippen MR) is 129 cm³/mol. The lowest BCUT2D eigenvalue weighted by atomic mass is 10.0. The Bertz CT molecular complexity index is 936. The number of carbonyl (C=O) groups excluding carboxylic acids is 3. The van der Waals surface area contributed by atoms with Gasteiger partial charge in [0, 0.05) is 13.0 Å². The van der Waals surface area contributed by atoms with Gasteiger partial charge >= 0.3 is 11.9 Å². The molecular weight excluding hydrogens is 474 g/mol. The number of rotatable bonds is 16. The highest BCUT2D eigenvalue weighted by Crippen LogP contribution is 2.06. The van der Waals surface area contributed by atoms with Gasteiger partial charge in [0.25, 0.3) is 0 Å². The maximum atomic E-state index is 12.9. The highest BCUT2D eigenvalue weighted by molar-refractivity contribution is 5.94. The molecule has 0 spiro atoms. The number of aliphatic imine (C=N–C) groups is 1. The fraction of sp³-hybridized carbons (Fsp3) is 0.455. The van der Waals surface area contributed by atoms with Gasteiger partial charge in [0.15, 0.2) is 5.96 Å². The van der Waals surface area contributed by atoms with E-state index in [9.17, 15) is 24.0 Å². The first-order valence-electron chi connectivity index (χ1n) is 11.2. The Hall–Kier alpha value is -4.20. The summed E-state index contributed by atoms with van der Waals surface area (Å²) < 4.78 is 0. The van der Waals surface area contributed by atoms with Crippen LogP contribution in [0.1, 0.15) is 31.2 Å². The molecule has 0 aliphatic rings. The first-order valence-corrected chi connectivity index (χ1v) is 11.2. The number of nitrogens with zero attached hydrogens (tertiary/aromatic N) is 1. The minimum Gasteiger partial charge on any atom is -0.481 e. The number of benzene rings is 1. The van der Waals surface area contributed by atoms with E-state index in [0.717, 1.165) is 5.56 Å². The minimum absolute atomic E-state index is 0.0427. The molecule has 3 amide bonds. The molecule has 14 nitrogen and oxygen atoms in total. The number of nitrogens with one attached hydrogen (secondary N) is 3. The molecule has 0 fully saturated rings. The van der Waals surface area contributed by atoms with E-state index in [4.69, 9.17) is 27.4 Å². The van der Waals surface area contributed by atoms with Crippen molar-refractivity contribution in [2.75, 3.05) is 13.1 Å². The quantitative estimate of drug-likeness (QED) is 0.0671. The highest BCUT2D eigenvalue weighted by Gasteiger charge is 2.28. The molecule has 3 atom stereocenters. The highest BCUT2D eigenvalue weighted by atomic mass is 16.4. The molecule has 1 aromatic rings. The van der Waals surface area contributed by atoms with Gasteiger partial charge in [0.05, 0.1) is 6.04 Å². The van der Waals surface area contributed by atoms with Crippen LogP contribution in [0.2, 0.25) is 0 Å². The fourth-order valence-corrected chi connectivity index (χ4v) is 3.11. The third-order valence-corrected chi connectivity index (χ3v) is 4.91. The van der Waals surface area contributed by atoms with Gasteiger partial charge in [-0.1, -0.05) is 30.3 Å². The van der Waals surface area contributed by atoms with Crippen molar-refractivity contribution < 1.29 is 34.2 Å². The zero-order chi connectivity index (χ0) is 27.1. The summed E-state index contributed by atoms with van der Waals surface area (Å²) in [7, 11) is 0. The van der Waals surface area contributed by atoms with Crippen molar-refractivity contribution >= 4 is 35.6 Å². The molecule has 3 unspecified atom stereocenters. The second-order valence-corrected chi connectivity index (χ2v) is 7.91. The Balaban J connectivity index is 2.92. The largest absolute Gasteiger partial charge is 0.481 e. The van der Waals surface area contributed by atoms with Crippen LogP contribution in [0, 0.1) is 0 Å². The molecule has 0 heterocycles. The van der Waals surface area contributed by atoms with Crippen LogP contribution in [-0.2, 0) is 30.4 Å². The van der Waals surface area contributed by atoms with Gasteiger partial charge in [-0.15, -0.1) is 0 Å². The molecule has 11 N–H and O–H groups in total. The molecule has 1 aromatic carbocycles. The van der Waals surface area contributed by atoms with Gasteiger partial charge in [0.1, 0.15) is 18.6 Å². The summed E-state index contributed by atoms with van der Waals surface area (Å²) in [6.07, 6.45) is -0.210. The molecule has 198 valence electrons. The van der Waals surface area contributed by atoms with Crippen molar-refractivity contribution in [1.82, 2.24) is 16.0 Å². The molecule has 0 saturated heterocycles. The smallest absolute Gasteiger partial charge is 0.322 e. The van der Waals surface area contributed by atoms with Crippen LogP contribution in [-0.4, -0.2) is 77.0 Å². The lowest BCUT2D eigenvalue weighted by molar-refractivity contribution is -0.138. The summed E-state index contributed by atoms with van der Waals surface area (Å²) >= 11 is 0. The van der Waals surface area contributed by atoms with Crippen molar-refractivity contribution in [3.05, 3.63) is 35.9 Å². The Labute approximate surface area is 207 Å². The first kappa shape index (κ1) is 29.8. The molecule has 0 aromatic heterocycles. The van der Waals surface area contributed by atoms with Crippen molar-refractivity contribution in [2.45, 2.75) is 50.2 Å². The zero-order valence-corrected chi connectivity index (χ0v) is 19.7. The maximum absolute atomic E-state index is 12.9. The van der Waals surface area contributed by atoms with E-state index < -0.39 is 60.8 Å². The Morgan fingerprint density at radius 3 is 2.06 bits per heavy atom. The number of hydrogen-bond acceptors (Lipinski definition) is 7. The normalized spacial score (nSPS) is 12.9. The lowest BCUT2D eigenvalue weighted by Crippen LogP contribution is -2.56. The van der Waals surface area contributed by atoms with E-state index in [1.54, 1.807) is 24.3 Å². The van der Waals surface area contributed by atoms with Gasteiger partial charge < -0.3 is 43.4 Å². The average molecular weight is 508 g/mol. The number of carbonyl (C=O) groups is 5. The van der Waals surface area contributed by atoms with Crippen LogP contribution in [0.5, 0.6) is 0 Å². The summed E-state index contributed by atoms with van der Waals surface area (Å²) in [6.45, 7) is -0.527. The van der Waals surface area contributed by atoms with Crippen molar-refractivity contribution in [3.8, 4) is 0 Å². The summed E-state index contributed by atoms with van der Waals surface area (Å²) in [5.74, 6) is -4.91. The molecule has 14 heteroatoms. The second-order valence-electron chi connectivity index (χ2n) is 7.91. The van der Waals surface area contributed by atoms with Crippen LogP contribution in [0.25, 0.3) is 0 Å². The van der Waals surface area contributed by atoms with E-state index in [2.05, 4.69) is 20.9 Å². The summed E-state index contributed by atoms with van der Waals surface area (Å²) in [5, 5.41) is 24.9. The van der Waals surface area contributed by atoms with E-state index in [-0.39, 0.29) is 38.2 Å². The summed E-state index contributed by atoms with van der Waals surface area (Å²) in [5.41, 5.74) is 17.3. The maximum Gasteiger partial charge on any atom is 0.322 e. The monoisotopic (exact) mass is 507 g/mol. The molecular formula is C22H33N7O7. The van der Waals surface area contributed by atoms with E-state index in [0.29, 0.717) is 0 Å². The summed E-state index contributed by atoms with van der Waals surface area (Å²) in [4.78, 5) is 63.7. The van der Waals surface area contributed by atoms with Crippen LogP contribution in [0.4, 0.5) is 0 Å². The van der Waals surface area contributed by atoms with E-state index in [1.807, 2.05) is 6.07 Å².